The highest BCUT2D eigenvalue weighted by Gasteiger charge is 2.16. The Morgan fingerprint density at radius 1 is 1.38 bits per heavy atom. The molecule has 1 aromatic carbocycles. The summed E-state index contributed by atoms with van der Waals surface area (Å²) in [6.45, 7) is 6.46. The molecule has 26 heavy (non-hydrogen) atoms. The van der Waals surface area contributed by atoms with E-state index >= 15 is 0 Å². The van der Waals surface area contributed by atoms with Crippen LogP contribution in [-0.2, 0) is 11.3 Å². The Bertz CT molecular complexity index is 761. The highest BCUT2D eigenvalue weighted by molar-refractivity contribution is 8.01. The third-order valence-electron chi connectivity index (χ3n) is 3.27. The van der Waals surface area contributed by atoms with Gasteiger partial charge in [0, 0.05) is 19.1 Å². The first-order chi connectivity index (χ1) is 12.2. The van der Waals surface area contributed by atoms with Crippen molar-refractivity contribution in [2.75, 3.05) is 25.2 Å². The molecule has 9 heteroatoms. The molecular formula is C17H23FN4O2S2. The van der Waals surface area contributed by atoms with E-state index in [1.807, 2.05) is 20.8 Å². The van der Waals surface area contributed by atoms with Crippen LogP contribution in [0, 0.1) is 5.82 Å². The fourth-order valence-corrected chi connectivity index (χ4v) is 3.94. The van der Waals surface area contributed by atoms with Gasteiger partial charge < -0.3 is 15.0 Å². The van der Waals surface area contributed by atoms with Gasteiger partial charge in [0.15, 0.2) is 15.9 Å². The minimum Gasteiger partial charge on any atom is -0.494 e. The van der Waals surface area contributed by atoms with Crippen LogP contribution in [0.2, 0.25) is 0 Å². The van der Waals surface area contributed by atoms with Crippen LogP contribution >= 0.6 is 23.1 Å². The van der Waals surface area contributed by atoms with Crippen molar-refractivity contribution in [3.63, 3.8) is 0 Å². The zero-order chi connectivity index (χ0) is 19.3. The van der Waals surface area contributed by atoms with Gasteiger partial charge in [-0.05, 0) is 38.5 Å². The van der Waals surface area contributed by atoms with Gasteiger partial charge in [0.1, 0.15) is 0 Å². The molecule has 0 saturated carbocycles. The van der Waals surface area contributed by atoms with Crippen molar-refractivity contribution in [2.45, 2.75) is 37.2 Å². The standard InChI is InChI=1S/C17H23FN4O2S2/c1-17(2,3)19-15-20-21-16(26-15)25-10-14(23)22(4)9-11-6-7-13(24-5)12(18)8-11/h6-8H,9-10H2,1-5H3,(H,19,20). The molecule has 0 radical (unpaired) electrons. The van der Waals surface area contributed by atoms with Gasteiger partial charge in [-0.3, -0.25) is 4.79 Å². The van der Waals surface area contributed by atoms with Crippen LogP contribution < -0.4 is 10.1 Å². The maximum atomic E-state index is 13.7. The number of anilines is 1. The third kappa shape index (κ3) is 6.14. The Morgan fingerprint density at radius 2 is 2.12 bits per heavy atom. The lowest BCUT2D eigenvalue weighted by molar-refractivity contribution is -0.127. The van der Waals surface area contributed by atoms with Gasteiger partial charge >= 0.3 is 0 Å². The highest BCUT2D eigenvalue weighted by Crippen LogP contribution is 2.27. The van der Waals surface area contributed by atoms with E-state index in [4.69, 9.17) is 4.74 Å². The number of nitrogens with one attached hydrogen (secondary N) is 1. The number of carbonyl (C=O) groups excluding carboxylic acids is 1. The number of methoxy groups -OCH3 is 1. The Labute approximate surface area is 161 Å². The summed E-state index contributed by atoms with van der Waals surface area (Å²) in [5.41, 5.74) is 0.613. The summed E-state index contributed by atoms with van der Waals surface area (Å²) < 4.78 is 19.4. The quantitative estimate of drug-likeness (QED) is 0.718. The Morgan fingerprint density at radius 3 is 2.73 bits per heavy atom. The van der Waals surface area contributed by atoms with Crippen molar-refractivity contribution in [2.24, 2.45) is 0 Å². The number of hydrogen-bond acceptors (Lipinski definition) is 7. The molecule has 1 aromatic heterocycles. The number of carbonyl (C=O) groups is 1. The fraction of sp³-hybridized carbons (Fsp3) is 0.471. The molecule has 1 N–H and O–H groups in total. The summed E-state index contributed by atoms with van der Waals surface area (Å²) in [6.07, 6.45) is 0. The number of ether oxygens (including phenoxy) is 1. The Balaban J connectivity index is 1.86. The van der Waals surface area contributed by atoms with Crippen LogP contribution in [0.3, 0.4) is 0 Å². The lowest BCUT2D eigenvalue weighted by atomic mass is 10.1. The zero-order valence-corrected chi connectivity index (χ0v) is 17.1. The number of hydrogen-bond donors (Lipinski definition) is 1. The summed E-state index contributed by atoms with van der Waals surface area (Å²) in [7, 11) is 3.11. The number of halogens is 1. The van der Waals surface area contributed by atoms with Crippen molar-refractivity contribution in [1.82, 2.24) is 15.1 Å². The van der Waals surface area contributed by atoms with Gasteiger partial charge in [-0.1, -0.05) is 29.2 Å². The summed E-state index contributed by atoms with van der Waals surface area (Å²) in [5.74, 6) is -0.0619. The Kier molecular flexibility index (Phi) is 6.82. The van der Waals surface area contributed by atoms with E-state index in [-0.39, 0.29) is 22.9 Å². The first kappa shape index (κ1) is 20.4. The van der Waals surface area contributed by atoms with Crippen molar-refractivity contribution in [3.8, 4) is 5.75 Å². The maximum absolute atomic E-state index is 13.7. The molecule has 0 unspecified atom stereocenters. The van der Waals surface area contributed by atoms with Crippen molar-refractivity contribution < 1.29 is 13.9 Å². The molecule has 2 rings (SSSR count). The highest BCUT2D eigenvalue weighted by atomic mass is 32.2. The van der Waals surface area contributed by atoms with E-state index in [0.717, 1.165) is 9.47 Å². The predicted octanol–water partition coefficient (Wildman–Crippen LogP) is 3.65. The number of amides is 1. The van der Waals surface area contributed by atoms with Gasteiger partial charge in [-0.25, -0.2) is 4.39 Å². The van der Waals surface area contributed by atoms with E-state index < -0.39 is 5.82 Å². The second-order valence-electron chi connectivity index (χ2n) is 6.76. The number of thioether (sulfide) groups is 1. The maximum Gasteiger partial charge on any atom is 0.233 e. The molecule has 0 aliphatic heterocycles. The average Bonchev–Trinajstić information content (AvgIpc) is 2.98. The lowest BCUT2D eigenvalue weighted by Gasteiger charge is -2.18. The normalized spacial score (nSPS) is 11.3. The van der Waals surface area contributed by atoms with Crippen molar-refractivity contribution in [1.29, 1.82) is 0 Å². The predicted molar refractivity (Wildman–Crippen MR) is 103 cm³/mol. The SMILES string of the molecule is COc1ccc(CN(C)C(=O)CSc2nnc(NC(C)(C)C)s2)cc1F. The molecule has 2 aromatic rings. The molecule has 0 bridgehead atoms. The smallest absolute Gasteiger partial charge is 0.233 e. The molecular weight excluding hydrogens is 375 g/mol. The van der Waals surface area contributed by atoms with Crippen LogP contribution in [-0.4, -0.2) is 46.5 Å². The summed E-state index contributed by atoms with van der Waals surface area (Å²) in [4.78, 5) is 13.9. The number of rotatable bonds is 7. The van der Waals surface area contributed by atoms with Gasteiger partial charge in [0.05, 0.1) is 12.9 Å². The van der Waals surface area contributed by atoms with Crippen molar-refractivity contribution >= 4 is 34.1 Å². The fourth-order valence-electron chi connectivity index (χ4n) is 2.04. The molecule has 1 heterocycles. The first-order valence-electron chi connectivity index (χ1n) is 7.99. The second kappa shape index (κ2) is 8.68. The van der Waals surface area contributed by atoms with Crippen LogP contribution in [0.15, 0.2) is 22.5 Å². The first-order valence-corrected chi connectivity index (χ1v) is 9.79. The van der Waals surface area contributed by atoms with E-state index in [9.17, 15) is 9.18 Å². The van der Waals surface area contributed by atoms with E-state index in [1.54, 1.807) is 24.1 Å². The van der Waals surface area contributed by atoms with Crippen LogP contribution in [0.4, 0.5) is 9.52 Å². The summed E-state index contributed by atoms with van der Waals surface area (Å²) >= 11 is 2.76. The summed E-state index contributed by atoms with van der Waals surface area (Å²) in [5, 5.41) is 12.1. The molecule has 0 spiro atoms. The van der Waals surface area contributed by atoms with Gasteiger partial charge in [-0.15, -0.1) is 10.2 Å². The summed E-state index contributed by atoms with van der Waals surface area (Å²) in [6, 6.07) is 4.68. The topological polar surface area (TPSA) is 67.3 Å². The molecule has 0 saturated heterocycles. The second-order valence-corrected chi connectivity index (χ2v) is 8.96. The zero-order valence-electron chi connectivity index (χ0n) is 15.5. The molecule has 1 amide bonds. The average molecular weight is 399 g/mol. The molecule has 0 aliphatic rings. The van der Waals surface area contributed by atoms with Gasteiger partial charge in [0.2, 0.25) is 11.0 Å². The monoisotopic (exact) mass is 398 g/mol. The number of benzene rings is 1. The minimum absolute atomic E-state index is 0.0632. The third-order valence-corrected chi connectivity index (χ3v) is 5.23. The van der Waals surface area contributed by atoms with Crippen LogP contribution in [0.25, 0.3) is 0 Å². The lowest BCUT2D eigenvalue weighted by Crippen LogP contribution is -2.27. The minimum atomic E-state index is -0.437. The van der Waals surface area contributed by atoms with Gasteiger partial charge in [-0.2, -0.15) is 0 Å². The molecule has 0 aliphatic carbocycles. The van der Waals surface area contributed by atoms with Crippen LogP contribution in [0.1, 0.15) is 26.3 Å². The van der Waals surface area contributed by atoms with Crippen LogP contribution in [0.5, 0.6) is 5.75 Å². The van der Waals surface area contributed by atoms with E-state index in [0.29, 0.717) is 12.1 Å². The number of aromatic nitrogens is 2. The molecule has 0 atom stereocenters. The molecule has 0 fully saturated rings. The van der Waals surface area contributed by atoms with Gasteiger partial charge in [0.25, 0.3) is 0 Å². The van der Waals surface area contributed by atoms with E-state index in [2.05, 4.69) is 15.5 Å². The molecule has 6 nitrogen and oxygen atoms in total. The molecule has 142 valence electrons. The van der Waals surface area contributed by atoms with E-state index in [1.165, 1.54) is 36.3 Å². The van der Waals surface area contributed by atoms with Crippen molar-refractivity contribution in [3.05, 3.63) is 29.6 Å². The number of nitrogens with zero attached hydrogens (tertiary/aromatic N) is 3. The largest absolute Gasteiger partial charge is 0.494 e. The Hall–Kier alpha value is -1.87.